The normalized spacial score (nSPS) is 10.8. The van der Waals surface area contributed by atoms with Crippen LogP contribution in [0, 0.1) is 10.1 Å². The second-order valence-corrected chi connectivity index (χ2v) is 7.06. The number of hydrogen-bond acceptors (Lipinski definition) is 5. The van der Waals surface area contributed by atoms with Crippen LogP contribution in [0.5, 0.6) is 0 Å². The molecule has 0 saturated heterocycles. The van der Waals surface area contributed by atoms with Crippen molar-refractivity contribution in [3.05, 3.63) is 70.1 Å². The molecule has 0 bridgehead atoms. The molecular formula is C17H11N3O2S2. The zero-order valence-corrected chi connectivity index (χ0v) is 13.9. The highest BCUT2D eigenvalue weighted by Gasteiger charge is 2.18. The van der Waals surface area contributed by atoms with Gasteiger partial charge in [0.25, 0.3) is 0 Å². The Morgan fingerprint density at radius 3 is 2.50 bits per heavy atom. The monoisotopic (exact) mass is 353 g/mol. The SMILES string of the molecule is O=[N+]([O-])c1ccc(-c2nc(-c3ccccc3)c(-c3cccs3)[nH]2)s1. The van der Waals surface area contributed by atoms with Crippen LogP contribution in [0.4, 0.5) is 5.00 Å². The summed E-state index contributed by atoms with van der Waals surface area (Å²) < 4.78 is 0. The molecule has 1 N–H and O–H groups in total. The fourth-order valence-electron chi connectivity index (χ4n) is 2.45. The van der Waals surface area contributed by atoms with Crippen molar-refractivity contribution in [2.24, 2.45) is 0 Å². The summed E-state index contributed by atoms with van der Waals surface area (Å²) in [7, 11) is 0. The van der Waals surface area contributed by atoms with Gasteiger partial charge in [0.15, 0.2) is 0 Å². The van der Waals surface area contributed by atoms with Crippen LogP contribution in [-0.4, -0.2) is 14.9 Å². The maximum atomic E-state index is 10.9. The number of nitro groups is 1. The van der Waals surface area contributed by atoms with E-state index >= 15 is 0 Å². The number of H-pyrrole nitrogens is 1. The van der Waals surface area contributed by atoms with Crippen LogP contribution in [0.15, 0.2) is 60.0 Å². The standard InChI is InChI=1S/C17H11N3O2S2/c21-20(22)14-9-8-13(24-14)17-18-15(11-5-2-1-3-6-11)16(19-17)12-7-4-10-23-12/h1-10H,(H,18,19). The maximum Gasteiger partial charge on any atom is 0.324 e. The minimum Gasteiger partial charge on any atom is -0.336 e. The zero-order valence-electron chi connectivity index (χ0n) is 12.3. The van der Waals surface area contributed by atoms with Crippen molar-refractivity contribution in [1.29, 1.82) is 0 Å². The lowest BCUT2D eigenvalue weighted by Gasteiger charge is -1.99. The molecule has 0 spiro atoms. The third-order valence-electron chi connectivity index (χ3n) is 3.52. The van der Waals surface area contributed by atoms with Crippen LogP contribution in [0.2, 0.25) is 0 Å². The summed E-state index contributed by atoms with van der Waals surface area (Å²) in [4.78, 5) is 20.4. The van der Waals surface area contributed by atoms with Gasteiger partial charge in [-0.1, -0.05) is 47.7 Å². The van der Waals surface area contributed by atoms with Crippen LogP contribution in [0.1, 0.15) is 0 Å². The Morgan fingerprint density at radius 1 is 1.00 bits per heavy atom. The van der Waals surface area contributed by atoms with Gasteiger partial charge in [-0.15, -0.1) is 11.3 Å². The lowest BCUT2D eigenvalue weighted by molar-refractivity contribution is -0.380. The number of aromatic nitrogens is 2. The van der Waals surface area contributed by atoms with Gasteiger partial charge in [0.2, 0.25) is 0 Å². The Morgan fingerprint density at radius 2 is 1.83 bits per heavy atom. The van der Waals surface area contributed by atoms with Gasteiger partial charge in [0, 0.05) is 11.6 Å². The Kier molecular flexibility index (Phi) is 3.72. The predicted octanol–water partition coefficient (Wildman–Crippen LogP) is 5.44. The molecule has 7 heteroatoms. The van der Waals surface area contributed by atoms with Crippen LogP contribution in [-0.2, 0) is 0 Å². The summed E-state index contributed by atoms with van der Waals surface area (Å²) in [5, 5.41) is 13.0. The zero-order chi connectivity index (χ0) is 16.5. The van der Waals surface area contributed by atoms with Crippen molar-refractivity contribution >= 4 is 27.7 Å². The first-order chi connectivity index (χ1) is 11.7. The number of nitrogens with one attached hydrogen (secondary N) is 1. The molecule has 4 aromatic rings. The molecule has 5 nitrogen and oxygen atoms in total. The minimum atomic E-state index is -0.380. The Bertz CT molecular complexity index is 988. The van der Waals surface area contributed by atoms with Crippen molar-refractivity contribution in [3.8, 4) is 32.5 Å². The second kappa shape index (κ2) is 6.03. The van der Waals surface area contributed by atoms with Crippen LogP contribution >= 0.6 is 22.7 Å². The fraction of sp³-hybridized carbons (Fsp3) is 0. The first kappa shape index (κ1) is 14.8. The molecule has 118 valence electrons. The molecule has 3 aromatic heterocycles. The summed E-state index contributed by atoms with van der Waals surface area (Å²) >= 11 is 2.75. The number of nitrogens with zero attached hydrogens (tertiary/aromatic N) is 2. The van der Waals surface area contributed by atoms with Crippen LogP contribution in [0.25, 0.3) is 32.5 Å². The minimum absolute atomic E-state index is 0.111. The van der Waals surface area contributed by atoms with E-state index in [4.69, 9.17) is 4.98 Å². The van der Waals surface area contributed by atoms with Crippen LogP contribution in [0.3, 0.4) is 0 Å². The van der Waals surface area contributed by atoms with Gasteiger partial charge in [-0.05, 0) is 17.5 Å². The molecule has 0 saturated carbocycles. The smallest absolute Gasteiger partial charge is 0.324 e. The van der Waals surface area contributed by atoms with Gasteiger partial charge in [0.1, 0.15) is 5.82 Å². The highest BCUT2D eigenvalue weighted by molar-refractivity contribution is 7.18. The van der Waals surface area contributed by atoms with E-state index < -0.39 is 0 Å². The summed E-state index contributed by atoms with van der Waals surface area (Å²) in [6.45, 7) is 0. The second-order valence-electron chi connectivity index (χ2n) is 5.05. The average molecular weight is 353 g/mol. The molecule has 0 radical (unpaired) electrons. The Balaban J connectivity index is 1.86. The number of imidazole rings is 1. The molecule has 24 heavy (non-hydrogen) atoms. The molecular weight excluding hydrogens is 342 g/mol. The van der Waals surface area contributed by atoms with E-state index in [0.717, 1.165) is 38.0 Å². The van der Waals surface area contributed by atoms with Gasteiger partial charge in [-0.25, -0.2) is 4.98 Å². The number of rotatable bonds is 4. The Labute approximate surface area is 145 Å². The molecule has 0 fully saturated rings. The highest BCUT2D eigenvalue weighted by atomic mass is 32.1. The van der Waals surface area contributed by atoms with Gasteiger partial charge in [0.05, 0.1) is 26.1 Å². The number of aromatic amines is 1. The predicted molar refractivity (Wildman–Crippen MR) is 97.3 cm³/mol. The molecule has 4 rings (SSSR count). The summed E-state index contributed by atoms with van der Waals surface area (Å²) in [5.41, 5.74) is 2.79. The van der Waals surface area contributed by atoms with Crippen molar-refractivity contribution in [1.82, 2.24) is 9.97 Å². The van der Waals surface area contributed by atoms with E-state index in [1.165, 1.54) is 6.07 Å². The molecule has 0 amide bonds. The van der Waals surface area contributed by atoms with E-state index in [-0.39, 0.29) is 9.92 Å². The third kappa shape index (κ3) is 2.64. The summed E-state index contributed by atoms with van der Waals surface area (Å²) in [5.74, 6) is 0.648. The number of hydrogen-bond donors (Lipinski definition) is 1. The average Bonchev–Trinajstić information content (AvgIpc) is 3.33. The van der Waals surface area contributed by atoms with E-state index in [1.54, 1.807) is 17.4 Å². The van der Waals surface area contributed by atoms with E-state index in [0.29, 0.717) is 5.82 Å². The van der Waals surface area contributed by atoms with E-state index in [1.807, 2.05) is 47.8 Å². The van der Waals surface area contributed by atoms with E-state index in [2.05, 4.69) is 4.98 Å². The topological polar surface area (TPSA) is 71.8 Å². The quantitative estimate of drug-likeness (QED) is 0.392. The first-order valence-corrected chi connectivity index (χ1v) is 8.86. The van der Waals surface area contributed by atoms with Crippen LogP contribution < -0.4 is 0 Å². The molecule has 1 aromatic carbocycles. The first-order valence-electron chi connectivity index (χ1n) is 7.16. The van der Waals surface area contributed by atoms with Crippen molar-refractivity contribution in [3.63, 3.8) is 0 Å². The molecule has 3 heterocycles. The lowest BCUT2D eigenvalue weighted by atomic mass is 10.1. The summed E-state index contributed by atoms with van der Waals surface area (Å²) in [6.07, 6.45) is 0. The molecule has 0 aliphatic rings. The van der Waals surface area contributed by atoms with Gasteiger partial charge >= 0.3 is 5.00 Å². The van der Waals surface area contributed by atoms with Crippen molar-refractivity contribution in [2.75, 3.05) is 0 Å². The van der Waals surface area contributed by atoms with Crippen molar-refractivity contribution in [2.45, 2.75) is 0 Å². The molecule has 0 aliphatic heterocycles. The van der Waals surface area contributed by atoms with E-state index in [9.17, 15) is 10.1 Å². The van der Waals surface area contributed by atoms with Crippen molar-refractivity contribution < 1.29 is 4.92 Å². The fourth-order valence-corrected chi connectivity index (χ4v) is 3.94. The number of benzene rings is 1. The molecule has 0 unspecified atom stereocenters. The largest absolute Gasteiger partial charge is 0.336 e. The third-order valence-corrected chi connectivity index (χ3v) is 5.45. The van der Waals surface area contributed by atoms with Gasteiger partial charge in [-0.2, -0.15) is 0 Å². The highest BCUT2D eigenvalue weighted by Crippen LogP contribution is 2.37. The number of thiophene rings is 2. The summed E-state index contributed by atoms with van der Waals surface area (Å²) in [6, 6.07) is 17.2. The molecule has 0 aliphatic carbocycles. The molecule has 0 atom stereocenters. The Hall–Kier alpha value is -2.77. The van der Waals surface area contributed by atoms with Gasteiger partial charge < -0.3 is 4.98 Å². The lowest BCUT2D eigenvalue weighted by Crippen LogP contribution is -1.80. The maximum absolute atomic E-state index is 10.9. The van der Waals surface area contributed by atoms with Gasteiger partial charge in [-0.3, -0.25) is 10.1 Å².